The summed E-state index contributed by atoms with van der Waals surface area (Å²) in [6.07, 6.45) is 1.63. The quantitative estimate of drug-likeness (QED) is 0.665. The van der Waals surface area contributed by atoms with Crippen LogP contribution < -0.4 is 10.7 Å². The van der Waals surface area contributed by atoms with Gasteiger partial charge in [0.15, 0.2) is 5.76 Å². The van der Waals surface area contributed by atoms with Crippen molar-refractivity contribution < 1.29 is 14.6 Å². The van der Waals surface area contributed by atoms with Gasteiger partial charge in [-0.3, -0.25) is 4.79 Å². The predicted molar refractivity (Wildman–Crippen MR) is 86.6 cm³/mol. The largest absolute Gasteiger partial charge is 0.502 e. The van der Waals surface area contributed by atoms with E-state index in [9.17, 15) is 15.0 Å². The number of hydrogen-bond donors (Lipinski definition) is 3. The fourth-order valence-corrected chi connectivity index (χ4v) is 2.92. The van der Waals surface area contributed by atoms with Gasteiger partial charge >= 0.3 is 0 Å². The molecular formula is C16H14N2O4S. The Bertz CT molecular complexity index is 831. The van der Waals surface area contributed by atoms with E-state index < -0.39 is 23.8 Å². The van der Waals surface area contributed by atoms with E-state index in [0.717, 1.165) is 10.9 Å². The summed E-state index contributed by atoms with van der Waals surface area (Å²) in [6, 6.07) is 9.57. The van der Waals surface area contributed by atoms with Crippen LogP contribution in [0.4, 0.5) is 5.82 Å². The van der Waals surface area contributed by atoms with Gasteiger partial charge in [-0.1, -0.05) is 12.1 Å². The zero-order valence-electron chi connectivity index (χ0n) is 12.0. The summed E-state index contributed by atoms with van der Waals surface area (Å²) >= 11 is 1.45. The fourth-order valence-electron chi connectivity index (χ4n) is 2.15. The van der Waals surface area contributed by atoms with Gasteiger partial charge in [0.05, 0.1) is 0 Å². The highest BCUT2D eigenvalue weighted by Crippen LogP contribution is 2.33. The van der Waals surface area contributed by atoms with Crippen LogP contribution in [0.3, 0.4) is 0 Å². The Hall–Kier alpha value is -2.64. The Balaban J connectivity index is 2.09. The molecule has 118 valence electrons. The lowest BCUT2D eigenvalue weighted by Gasteiger charge is -2.18. The first-order chi connectivity index (χ1) is 11.2. The van der Waals surface area contributed by atoms with E-state index in [0.29, 0.717) is 5.82 Å². The lowest BCUT2D eigenvalue weighted by Crippen LogP contribution is -2.16. The summed E-state index contributed by atoms with van der Waals surface area (Å²) in [5.41, 5.74) is -0.598. The van der Waals surface area contributed by atoms with Crippen LogP contribution in [0.2, 0.25) is 0 Å². The highest BCUT2D eigenvalue weighted by atomic mass is 32.1. The second-order valence-corrected chi connectivity index (χ2v) is 5.73. The van der Waals surface area contributed by atoms with E-state index in [1.165, 1.54) is 11.3 Å². The number of aromatic hydroxyl groups is 1. The number of aliphatic hydroxyl groups is 1. The van der Waals surface area contributed by atoms with Crippen LogP contribution in [0, 0.1) is 0 Å². The molecule has 0 aliphatic heterocycles. The maximum atomic E-state index is 11.9. The van der Waals surface area contributed by atoms with Crippen LogP contribution in [-0.4, -0.2) is 15.2 Å². The first kappa shape index (κ1) is 15.3. The number of anilines is 1. The number of hydrogen-bond acceptors (Lipinski definition) is 7. The van der Waals surface area contributed by atoms with Gasteiger partial charge in [0.25, 0.3) is 0 Å². The first-order valence-electron chi connectivity index (χ1n) is 6.86. The third-order valence-corrected chi connectivity index (χ3v) is 4.14. The zero-order valence-corrected chi connectivity index (χ0v) is 12.8. The molecule has 1 unspecified atom stereocenters. The summed E-state index contributed by atoms with van der Waals surface area (Å²) in [4.78, 5) is 16.9. The molecule has 0 aliphatic rings. The zero-order chi connectivity index (χ0) is 16.2. The summed E-state index contributed by atoms with van der Waals surface area (Å²) in [5, 5.41) is 24.4. The molecule has 0 radical (unpaired) electrons. The molecule has 0 aromatic carbocycles. The van der Waals surface area contributed by atoms with Crippen molar-refractivity contribution in [2.75, 3.05) is 5.32 Å². The molecule has 3 heterocycles. The molecule has 0 spiro atoms. The van der Waals surface area contributed by atoms with Crippen LogP contribution in [0.25, 0.3) is 0 Å². The molecule has 1 atom stereocenters. The normalized spacial score (nSPS) is 12.0. The molecule has 3 rings (SSSR count). The molecule has 0 saturated carbocycles. The number of aromatic nitrogens is 1. The number of nitrogens with one attached hydrogen (secondary N) is 1. The van der Waals surface area contributed by atoms with Gasteiger partial charge < -0.3 is 19.9 Å². The number of aliphatic hydroxyl groups excluding tert-OH is 1. The molecule has 0 amide bonds. The lowest BCUT2D eigenvalue weighted by atomic mass is 10.1. The molecular weight excluding hydrogens is 316 g/mol. The van der Waals surface area contributed by atoms with Gasteiger partial charge in [-0.25, -0.2) is 4.98 Å². The van der Waals surface area contributed by atoms with Crippen LogP contribution in [-0.2, 0) is 6.61 Å². The van der Waals surface area contributed by atoms with E-state index in [1.807, 2.05) is 23.6 Å². The Morgan fingerprint density at radius 2 is 2.17 bits per heavy atom. The topological polar surface area (TPSA) is 95.6 Å². The summed E-state index contributed by atoms with van der Waals surface area (Å²) in [5.74, 6) is 0.230. The highest BCUT2D eigenvalue weighted by Gasteiger charge is 2.24. The fraction of sp³-hybridized carbons (Fsp3) is 0.125. The lowest BCUT2D eigenvalue weighted by molar-refractivity contribution is 0.234. The number of thiophene rings is 1. The van der Waals surface area contributed by atoms with Gasteiger partial charge in [-0.05, 0) is 23.6 Å². The van der Waals surface area contributed by atoms with Crippen molar-refractivity contribution in [3.05, 3.63) is 74.6 Å². The molecule has 0 fully saturated rings. The standard InChI is InChI=1S/C16H14N2O4S/c19-9-10-8-11(20)15(21)16(22-10)14(12-4-3-7-23-12)18-13-5-1-2-6-17-13/h1-8,14,19,21H,9H2,(H,17,18). The molecule has 3 aromatic rings. The monoisotopic (exact) mass is 330 g/mol. The molecule has 6 nitrogen and oxygen atoms in total. The number of pyridine rings is 1. The van der Waals surface area contributed by atoms with E-state index in [1.54, 1.807) is 18.3 Å². The average molecular weight is 330 g/mol. The highest BCUT2D eigenvalue weighted by molar-refractivity contribution is 7.10. The summed E-state index contributed by atoms with van der Waals surface area (Å²) in [6.45, 7) is -0.427. The minimum atomic E-state index is -0.598. The van der Waals surface area contributed by atoms with Crippen molar-refractivity contribution >= 4 is 17.2 Å². The molecule has 7 heteroatoms. The van der Waals surface area contributed by atoms with Gasteiger partial charge in [-0.2, -0.15) is 0 Å². The third-order valence-electron chi connectivity index (χ3n) is 3.20. The second kappa shape index (κ2) is 6.64. The SMILES string of the molecule is O=c1cc(CO)oc(C(Nc2ccccn2)c2cccs2)c1O. The van der Waals surface area contributed by atoms with Gasteiger partial charge in [0.1, 0.15) is 24.2 Å². The van der Waals surface area contributed by atoms with E-state index in [4.69, 9.17) is 4.42 Å². The third kappa shape index (κ3) is 3.25. The maximum absolute atomic E-state index is 11.9. The Morgan fingerprint density at radius 1 is 1.30 bits per heavy atom. The van der Waals surface area contributed by atoms with Crippen molar-refractivity contribution in [3.8, 4) is 5.75 Å². The molecule has 0 aliphatic carbocycles. The van der Waals surface area contributed by atoms with Crippen molar-refractivity contribution in [3.63, 3.8) is 0 Å². The van der Waals surface area contributed by atoms with Gasteiger partial charge in [0, 0.05) is 17.1 Å². The van der Waals surface area contributed by atoms with Crippen molar-refractivity contribution in [1.29, 1.82) is 0 Å². The average Bonchev–Trinajstić information content (AvgIpc) is 3.10. The van der Waals surface area contributed by atoms with E-state index in [2.05, 4.69) is 10.3 Å². The van der Waals surface area contributed by atoms with E-state index >= 15 is 0 Å². The van der Waals surface area contributed by atoms with Crippen LogP contribution >= 0.6 is 11.3 Å². The van der Waals surface area contributed by atoms with Crippen molar-refractivity contribution in [1.82, 2.24) is 4.98 Å². The molecule has 23 heavy (non-hydrogen) atoms. The van der Waals surface area contributed by atoms with Crippen LogP contribution in [0.15, 0.2) is 57.2 Å². The van der Waals surface area contributed by atoms with Gasteiger partial charge in [0.2, 0.25) is 11.2 Å². The Morgan fingerprint density at radius 3 is 2.83 bits per heavy atom. The summed E-state index contributed by atoms with van der Waals surface area (Å²) < 4.78 is 5.51. The summed E-state index contributed by atoms with van der Waals surface area (Å²) in [7, 11) is 0. The second-order valence-electron chi connectivity index (χ2n) is 4.76. The molecule has 3 N–H and O–H groups in total. The molecule has 0 bridgehead atoms. The van der Waals surface area contributed by atoms with Crippen molar-refractivity contribution in [2.45, 2.75) is 12.6 Å². The number of rotatable bonds is 5. The maximum Gasteiger partial charge on any atom is 0.227 e. The Labute approximate surface area is 135 Å². The minimum absolute atomic E-state index is 0.0506. The number of nitrogens with zero attached hydrogens (tertiary/aromatic N) is 1. The van der Waals surface area contributed by atoms with Gasteiger partial charge in [-0.15, -0.1) is 11.3 Å². The Kier molecular flexibility index (Phi) is 4.40. The predicted octanol–water partition coefficient (Wildman–Crippen LogP) is 2.50. The van der Waals surface area contributed by atoms with E-state index in [-0.39, 0.29) is 11.5 Å². The smallest absolute Gasteiger partial charge is 0.227 e. The van der Waals surface area contributed by atoms with Crippen LogP contribution in [0.1, 0.15) is 22.4 Å². The van der Waals surface area contributed by atoms with Crippen molar-refractivity contribution in [2.24, 2.45) is 0 Å². The van der Waals surface area contributed by atoms with Crippen LogP contribution in [0.5, 0.6) is 5.75 Å². The minimum Gasteiger partial charge on any atom is -0.502 e. The first-order valence-corrected chi connectivity index (χ1v) is 7.74. The molecule has 3 aromatic heterocycles. The molecule has 0 saturated heterocycles.